The Labute approximate surface area is 120 Å². The van der Waals surface area contributed by atoms with Crippen molar-refractivity contribution in [1.82, 2.24) is 0 Å². The third kappa shape index (κ3) is 3.97. The number of carbonyl (C=O) groups is 1. The quantitative estimate of drug-likeness (QED) is 0.839. The Morgan fingerprint density at radius 3 is 2.65 bits per heavy atom. The molecule has 4 heteroatoms. The van der Waals surface area contributed by atoms with E-state index in [2.05, 4.69) is 17.4 Å². The molecule has 1 aromatic rings. The number of hydrogen-bond acceptors (Lipinski definition) is 3. The zero-order valence-corrected chi connectivity index (χ0v) is 12.0. The summed E-state index contributed by atoms with van der Waals surface area (Å²) in [5.74, 6) is -0.805. The lowest BCUT2D eigenvalue weighted by Gasteiger charge is -2.28. The van der Waals surface area contributed by atoms with Crippen LogP contribution in [0.25, 0.3) is 0 Å². The van der Waals surface area contributed by atoms with Crippen LogP contribution >= 0.6 is 0 Å². The molecule has 0 aromatic heterocycles. The van der Waals surface area contributed by atoms with E-state index in [1.54, 1.807) is 7.11 Å². The highest BCUT2D eigenvalue weighted by Crippen LogP contribution is 2.28. The topological polar surface area (TPSA) is 58.6 Å². The number of ether oxygens (including phenoxy) is 1. The normalized spacial score (nSPS) is 22.4. The summed E-state index contributed by atoms with van der Waals surface area (Å²) in [6.07, 6.45) is 4.29. The minimum absolute atomic E-state index is 0.156. The minimum Gasteiger partial charge on any atom is -0.481 e. The van der Waals surface area contributed by atoms with E-state index in [1.165, 1.54) is 5.56 Å². The Balaban J connectivity index is 1.92. The van der Waals surface area contributed by atoms with Gasteiger partial charge in [0.25, 0.3) is 0 Å². The Morgan fingerprint density at radius 2 is 2.00 bits per heavy atom. The van der Waals surface area contributed by atoms with Gasteiger partial charge in [-0.15, -0.1) is 0 Å². The maximum absolute atomic E-state index is 11.0. The van der Waals surface area contributed by atoms with Gasteiger partial charge in [0.1, 0.15) is 0 Å². The lowest BCUT2D eigenvalue weighted by atomic mass is 9.86. The van der Waals surface area contributed by atoms with Crippen LogP contribution < -0.4 is 5.32 Å². The average Bonchev–Trinajstić information content (AvgIpc) is 2.47. The zero-order chi connectivity index (χ0) is 14.4. The van der Waals surface area contributed by atoms with E-state index in [0.29, 0.717) is 12.6 Å². The number of methoxy groups -OCH3 is 1. The summed E-state index contributed by atoms with van der Waals surface area (Å²) in [5, 5.41) is 12.6. The van der Waals surface area contributed by atoms with E-state index in [4.69, 9.17) is 9.84 Å². The fraction of sp³-hybridized carbons (Fsp3) is 0.562. The summed E-state index contributed by atoms with van der Waals surface area (Å²) < 4.78 is 5.14. The van der Waals surface area contributed by atoms with Crippen LogP contribution in [0, 0.1) is 5.92 Å². The molecule has 1 aliphatic carbocycles. The highest BCUT2D eigenvalue weighted by Gasteiger charge is 2.25. The van der Waals surface area contributed by atoms with Crippen molar-refractivity contribution in [3.05, 3.63) is 29.8 Å². The molecule has 0 radical (unpaired) electrons. The van der Waals surface area contributed by atoms with Gasteiger partial charge in [-0.3, -0.25) is 4.79 Å². The van der Waals surface area contributed by atoms with E-state index in [-0.39, 0.29) is 5.92 Å². The van der Waals surface area contributed by atoms with E-state index in [9.17, 15) is 4.79 Å². The predicted octanol–water partition coefficient (Wildman–Crippen LogP) is 2.93. The lowest BCUT2D eigenvalue weighted by molar-refractivity contribution is -0.142. The molecule has 1 saturated carbocycles. The molecule has 0 amide bonds. The molecule has 0 aliphatic heterocycles. The fourth-order valence-electron chi connectivity index (χ4n) is 2.80. The summed E-state index contributed by atoms with van der Waals surface area (Å²) in [4.78, 5) is 11.0. The van der Waals surface area contributed by atoms with Crippen LogP contribution in [0.1, 0.15) is 31.2 Å². The van der Waals surface area contributed by atoms with Gasteiger partial charge < -0.3 is 15.2 Å². The summed E-state index contributed by atoms with van der Waals surface area (Å²) in [7, 11) is 1.71. The third-order valence-corrected chi connectivity index (χ3v) is 4.03. The molecule has 0 saturated heterocycles. The molecular formula is C16H23NO3. The number of carboxylic acids is 1. The smallest absolute Gasteiger partial charge is 0.306 e. The molecule has 0 heterocycles. The van der Waals surface area contributed by atoms with E-state index < -0.39 is 5.97 Å². The van der Waals surface area contributed by atoms with Crippen LogP contribution in [0.2, 0.25) is 0 Å². The number of para-hydroxylation sites is 1. The molecular weight excluding hydrogens is 254 g/mol. The molecule has 2 N–H and O–H groups in total. The van der Waals surface area contributed by atoms with Crippen molar-refractivity contribution < 1.29 is 14.6 Å². The molecule has 1 aromatic carbocycles. The van der Waals surface area contributed by atoms with Gasteiger partial charge in [0.2, 0.25) is 0 Å². The first kappa shape index (κ1) is 14.9. The summed E-state index contributed by atoms with van der Waals surface area (Å²) in [5.41, 5.74) is 2.41. The number of benzene rings is 1. The Kier molecular flexibility index (Phi) is 5.41. The van der Waals surface area contributed by atoms with E-state index >= 15 is 0 Å². The van der Waals surface area contributed by atoms with Crippen LogP contribution in [0.5, 0.6) is 0 Å². The molecule has 20 heavy (non-hydrogen) atoms. The molecule has 4 nitrogen and oxygen atoms in total. The number of carboxylic acid groups (broad SMARTS) is 1. The molecule has 2 rings (SSSR count). The summed E-state index contributed by atoms with van der Waals surface area (Å²) in [6, 6.07) is 8.66. The fourth-order valence-corrected chi connectivity index (χ4v) is 2.80. The van der Waals surface area contributed by atoms with Crippen molar-refractivity contribution in [2.75, 3.05) is 19.0 Å². The van der Waals surface area contributed by atoms with E-state index in [0.717, 1.165) is 37.8 Å². The van der Waals surface area contributed by atoms with Gasteiger partial charge in [0.15, 0.2) is 0 Å². The van der Waals surface area contributed by atoms with Crippen LogP contribution in [0.3, 0.4) is 0 Å². The lowest BCUT2D eigenvalue weighted by Crippen LogP contribution is -2.29. The zero-order valence-electron chi connectivity index (χ0n) is 12.0. The largest absolute Gasteiger partial charge is 0.481 e. The van der Waals surface area contributed by atoms with Crippen molar-refractivity contribution in [2.24, 2.45) is 5.92 Å². The third-order valence-electron chi connectivity index (χ3n) is 4.03. The number of anilines is 1. The molecule has 0 bridgehead atoms. The van der Waals surface area contributed by atoms with Crippen LogP contribution in [0.15, 0.2) is 24.3 Å². The molecule has 110 valence electrons. The maximum Gasteiger partial charge on any atom is 0.306 e. The first-order valence-corrected chi connectivity index (χ1v) is 7.27. The van der Waals surface area contributed by atoms with Crippen LogP contribution in [-0.4, -0.2) is 30.8 Å². The monoisotopic (exact) mass is 277 g/mol. The first-order valence-electron chi connectivity index (χ1n) is 7.27. The Morgan fingerprint density at radius 1 is 1.30 bits per heavy atom. The van der Waals surface area contributed by atoms with Gasteiger partial charge in [-0.25, -0.2) is 0 Å². The number of nitrogens with one attached hydrogen (secondary N) is 1. The molecule has 0 atom stereocenters. The molecule has 0 unspecified atom stereocenters. The second kappa shape index (κ2) is 7.29. The van der Waals surface area contributed by atoms with Crippen molar-refractivity contribution in [2.45, 2.75) is 38.1 Å². The van der Waals surface area contributed by atoms with Gasteiger partial charge in [0.05, 0.1) is 12.5 Å². The van der Waals surface area contributed by atoms with Gasteiger partial charge in [-0.2, -0.15) is 0 Å². The number of hydrogen-bond donors (Lipinski definition) is 2. The van der Waals surface area contributed by atoms with Gasteiger partial charge in [-0.1, -0.05) is 18.2 Å². The SMILES string of the molecule is COCCc1ccccc1NC1CCC(C(=O)O)CC1. The van der Waals surface area contributed by atoms with E-state index in [1.807, 2.05) is 12.1 Å². The second-order valence-corrected chi connectivity index (χ2v) is 5.43. The number of rotatable bonds is 6. The first-order chi connectivity index (χ1) is 9.70. The Hall–Kier alpha value is -1.55. The predicted molar refractivity (Wildman–Crippen MR) is 79.0 cm³/mol. The second-order valence-electron chi connectivity index (χ2n) is 5.43. The summed E-state index contributed by atoms with van der Waals surface area (Å²) in [6.45, 7) is 0.713. The van der Waals surface area contributed by atoms with Crippen LogP contribution in [0.4, 0.5) is 5.69 Å². The summed E-state index contributed by atoms with van der Waals surface area (Å²) >= 11 is 0. The van der Waals surface area contributed by atoms with Gasteiger partial charge in [-0.05, 0) is 43.7 Å². The number of aliphatic carboxylic acids is 1. The standard InChI is InChI=1S/C16H23NO3/c1-20-11-10-12-4-2-3-5-15(12)17-14-8-6-13(7-9-14)16(18)19/h2-5,13-14,17H,6-11H2,1H3,(H,18,19). The van der Waals surface area contributed by atoms with Gasteiger partial charge >= 0.3 is 5.97 Å². The highest BCUT2D eigenvalue weighted by molar-refractivity contribution is 5.70. The van der Waals surface area contributed by atoms with Crippen molar-refractivity contribution in [3.8, 4) is 0 Å². The maximum atomic E-state index is 11.0. The van der Waals surface area contributed by atoms with Crippen LogP contribution in [-0.2, 0) is 16.0 Å². The molecule has 1 fully saturated rings. The average molecular weight is 277 g/mol. The van der Waals surface area contributed by atoms with Crippen molar-refractivity contribution in [1.29, 1.82) is 0 Å². The van der Waals surface area contributed by atoms with Crippen molar-refractivity contribution >= 4 is 11.7 Å². The van der Waals surface area contributed by atoms with Gasteiger partial charge in [0, 0.05) is 18.8 Å². The molecule has 0 spiro atoms. The minimum atomic E-state index is -0.649. The molecule has 1 aliphatic rings. The Bertz CT molecular complexity index is 439. The highest BCUT2D eigenvalue weighted by atomic mass is 16.5. The van der Waals surface area contributed by atoms with Crippen molar-refractivity contribution in [3.63, 3.8) is 0 Å².